The smallest absolute Gasteiger partial charge is 0.416 e. The van der Waals surface area contributed by atoms with Crippen molar-refractivity contribution in [2.75, 3.05) is 7.11 Å². The first kappa shape index (κ1) is 17.1. The van der Waals surface area contributed by atoms with Gasteiger partial charge in [0.2, 0.25) is 0 Å². The molecule has 9 heteroatoms. The number of aromatic amines is 1. The Morgan fingerprint density at radius 2 is 1.84 bits per heavy atom. The molecule has 0 aliphatic rings. The van der Waals surface area contributed by atoms with Crippen molar-refractivity contribution in [2.24, 2.45) is 0 Å². The van der Waals surface area contributed by atoms with E-state index in [-0.39, 0.29) is 11.5 Å². The molecule has 0 bridgehead atoms. The fourth-order valence-corrected chi connectivity index (χ4v) is 2.54. The zero-order valence-corrected chi connectivity index (χ0v) is 13.5. The summed E-state index contributed by atoms with van der Waals surface area (Å²) in [4.78, 5) is 12.1. The van der Waals surface area contributed by atoms with E-state index in [0.29, 0.717) is 16.3 Å². The fourth-order valence-electron chi connectivity index (χ4n) is 2.37. The Morgan fingerprint density at radius 3 is 2.44 bits per heavy atom. The van der Waals surface area contributed by atoms with Gasteiger partial charge >= 0.3 is 11.9 Å². The maximum atomic E-state index is 12.7. The van der Waals surface area contributed by atoms with Crippen LogP contribution in [0.25, 0.3) is 17.1 Å². The molecule has 3 rings (SSSR count). The summed E-state index contributed by atoms with van der Waals surface area (Å²) in [5.41, 5.74) is -0.761. The van der Waals surface area contributed by atoms with Crippen LogP contribution >= 0.6 is 11.6 Å². The van der Waals surface area contributed by atoms with Gasteiger partial charge in [0.05, 0.1) is 23.9 Å². The van der Waals surface area contributed by atoms with E-state index in [4.69, 9.17) is 16.3 Å². The minimum Gasteiger partial charge on any atom is -0.496 e. The van der Waals surface area contributed by atoms with Crippen LogP contribution in [0.4, 0.5) is 13.2 Å². The number of rotatable bonds is 3. The number of nitrogens with zero attached hydrogens (tertiary/aromatic N) is 2. The van der Waals surface area contributed by atoms with E-state index in [1.54, 1.807) is 18.2 Å². The van der Waals surface area contributed by atoms with Gasteiger partial charge in [0.15, 0.2) is 5.82 Å². The number of H-pyrrole nitrogens is 1. The van der Waals surface area contributed by atoms with Crippen molar-refractivity contribution in [2.45, 2.75) is 6.18 Å². The van der Waals surface area contributed by atoms with Gasteiger partial charge in [-0.25, -0.2) is 14.5 Å². The topological polar surface area (TPSA) is 59.9 Å². The number of aromatic nitrogens is 3. The van der Waals surface area contributed by atoms with Crippen molar-refractivity contribution in [3.05, 3.63) is 63.5 Å². The maximum absolute atomic E-state index is 12.7. The van der Waals surface area contributed by atoms with Crippen molar-refractivity contribution < 1.29 is 17.9 Å². The monoisotopic (exact) mass is 369 g/mol. The third-order valence-electron chi connectivity index (χ3n) is 3.53. The number of hydrogen-bond donors (Lipinski definition) is 1. The average Bonchev–Trinajstić information content (AvgIpc) is 2.95. The summed E-state index contributed by atoms with van der Waals surface area (Å²) in [5.74, 6) is 0.584. The second-order valence-electron chi connectivity index (χ2n) is 5.08. The molecule has 0 spiro atoms. The molecule has 5 nitrogen and oxygen atoms in total. The third kappa shape index (κ3) is 3.25. The fraction of sp³-hybridized carbons (Fsp3) is 0.125. The summed E-state index contributed by atoms with van der Waals surface area (Å²) in [6, 6.07) is 8.95. The molecule has 0 saturated heterocycles. The highest BCUT2D eigenvalue weighted by Crippen LogP contribution is 2.33. The molecule has 0 aliphatic carbocycles. The van der Waals surface area contributed by atoms with Gasteiger partial charge < -0.3 is 4.74 Å². The van der Waals surface area contributed by atoms with Gasteiger partial charge in [-0.15, -0.1) is 0 Å². The van der Waals surface area contributed by atoms with Gasteiger partial charge in [0, 0.05) is 5.02 Å². The Kier molecular flexibility index (Phi) is 4.30. The second-order valence-corrected chi connectivity index (χ2v) is 5.51. The van der Waals surface area contributed by atoms with Crippen molar-refractivity contribution in [3.63, 3.8) is 0 Å². The Morgan fingerprint density at radius 1 is 1.16 bits per heavy atom. The molecule has 0 atom stereocenters. The quantitative estimate of drug-likeness (QED) is 0.761. The van der Waals surface area contributed by atoms with Crippen LogP contribution < -0.4 is 10.4 Å². The SMILES string of the molecule is COc1ccc(Cl)cc1-c1n[nH]c(=O)n1-c1ccc(C(F)(F)F)cc1. The molecule has 1 aromatic heterocycles. The van der Waals surface area contributed by atoms with E-state index >= 15 is 0 Å². The number of methoxy groups -OCH3 is 1. The minimum absolute atomic E-state index is 0.170. The van der Waals surface area contributed by atoms with Crippen LogP contribution in [0.15, 0.2) is 47.3 Å². The highest BCUT2D eigenvalue weighted by atomic mass is 35.5. The molecule has 0 aliphatic heterocycles. The first-order chi connectivity index (χ1) is 11.8. The van der Waals surface area contributed by atoms with Gasteiger partial charge in [0.1, 0.15) is 5.75 Å². The van der Waals surface area contributed by atoms with Gasteiger partial charge in [0.25, 0.3) is 0 Å². The summed E-state index contributed by atoms with van der Waals surface area (Å²) in [6.45, 7) is 0. The summed E-state index contributed by atoms with van der Waals surface area (Å²) in [6.07, 6.45) is -4.46. The molecule has 130 valence electrons. The van der Waals surface area contributed by atoms with Crippen molar-refractivity contribution in [1.82, 2.24) is 14.8 Å². The predicted molar refractivity (Wildman–Crippen MR) is 86.2 cm³/mol. The number of halogens is 4. The van der Waals surface area contributed by atoms with Crippen LogP contribution in [-0.4, -0.2) is 21.9 Å². The molecular formula is C16H11ClF3N3O2. The highest BCUT2D eigenvalue weighted by Gasteiger charge is 2.30. The highest BCUT2D eigenvalue weighted by molar-refractivity contribution is 6.30. The first-order valence-electron chi connectivity index (χ1n) is 7.00. The van der Waals surface area contributed by atoms with Gasteiger partial charge in [-0.3, -0.25) is 0 Å². The molecule has 0 fully saturated rings. The molecule has 0 amide bonds. The van der Waals surface area contributed by atoms with Crippen LogP contribution in [0.2, 0.25) is 5.02 Å². The van der Waals surface area contributed by atoms with E-state index in [1.165, 1.54) is 19.2 Å². The van der Waals surface area contributed by atoms with E-state index < -0.39 is 17.4 Å². The molecule has 1 N–H and O–H groups in total. The number of benzene rings is 2. The van der Waals surface area contributed by atoms with Crippen molar-refractivity contribution in [1.29, 1.82) is 0 Å². The first-order valence-corrected chi connectivity index (χ1v) is 7.38. The lowest BCUT2D eigenvalue weighted by Crippen LogP contribution is -2.16. The molecule has 2 aromatic carbocycles. The lowest BCUT2D eigenvalue weighted by atomic mass is 10.1. The van der Waals surface area contributed by atoms with Crippen LogP contribution in [0.1, 0.15) is 5.56 Å². The average molecular weight is 370 g/mol. The zero-order chi connectivity index (χ0) is 18.2. The summed E-state index contributed by atoms with van der Waals surface area (Å²) < 4.78 is 44.5. The Labute approximate surface area is 144 Å². The molecular weight excluding hydrogens is 359 g/mol. The number of hydrogen-bond acceptors (Lipinski definition) is 3. The summed E-state index contributed by atoms with van der Waals surface area (Å²) in [7, 11) is 1.44. The van der Waals surface area contributed by atoms with E-state index in [2.05, 4.69) is 10.2 Å². The number of alkyl halides is 3. The van der Waals surface area contributed by atoms with Gasteiger partial charge in [-0.1, -0.05) is 11.6 Å². The van der Waals surface area contributed by atoms with Crippen LogP contribution in [0.3, 0.4) is 0 Å². The molecule has 0 radical (unpaired) electrons. The second kappa shape index (κ2) is 6.29. The lowest BCUT2D eigenvalue weighted by Gasteiger charge is -2.11. The largest absolute Gasteiger partial charge is 0.496 e. The number of ether oxygens (including phenoxy) is 1. The van der Waals surface area contributed by atoms with E-state index in [1.807, 2.05) is 0 Å². The zero-order valence-electron chi connectivity index (χ0n) is 12.8. The minimum atomic E-state index is -4.46. The van der Waals surface area contributed by atoms with Crippen LogP contribution in [0.5, 0.6) is 5.75 Å². The predicted octanol–water partition coefficient (Wildman–Crippen LogP) is 3.91. The molecule has 25 heavy (non-hydrogen) atoms. The van der Waals surface area contributed by atoms with Crippen LogP contribution in [0, 0.1) is 0 Å². The number of nitrogens with one attached hydrogen (secondary N) is 1. The summed E-state index contributed by atoms with van der Waals surface area (Å²) in [5, 5.41) is 6.63. The molecule has 3 aromatic rings. The van der Waals surface area contributed by atoms with E-state index in [9.17, 15) is 18.0 Å². The Hall–Kier alpha value is -2.74. The van der Waals surface area contributed by atoms with Gasteiger partial charge in [-0.2, -0.15) is 18.3 Å². The van der Waals surface area contributed by atoms with Crippen LogP contribution in [-0.2, 0) is 6.18 Å². The molecule has 0 unspecified atom stereocenters. The Balaban J connectivity index is 2.16. The Bertz CT molecular complexity index is 962. The third-order valence-corrected chi connectivity index (χ3v) is 3.76. The lowest BCUT2D eigenvalue weighted by molar-refractivity contribution is -0.137. The standard InChI is InChI=1S/C16H11ClF3N3O2/c1-25-13-7-4-10(17)8-12(13)14-21-22-15(24)23(14)11-5-2-9(3-6-11)16(18,19)20/h2-8H,1H3,(H,22,24). The summed E-state index contributed by atoms with van der Waals surface area (Å²) >= 11 is 5.99. The van der Waals surface area contributed by atoms with Crippen molar-refractivity contribution >= 4 is 11.6 Å². The van der Waals surface area contributed by atoms with E-state index in [0.717, 1.165) is 16.7 Å². The van der Waals surface area contributed by atoms with Gasteiger partial charge in [-0.05, 0) is 42.5 Å². The maximum Gasteiger partial charge on any atom is 0.416 e. The molecule has 1 heterocycles. The molecule has 0 saturated carbocycles. The van der Waals surface area contributed by atoms with Crippen molar-refractivity contribution in [3.8, 4) is 22.8 Å². The normalized spacial score (nSPS) is 11.6.